The van der Waals surface area contributed by atoms with Crippen molar-refractivity contribution in [3.8, 4) is 0 Å². The summed E-state index contributed by atoms with van der Waals surface area (Å²) in [5.74, 6) is 0.868. The van der Waals surface area contributed by atoms with E-state index < -0.39 is 0 Å². The molecule has 1 aliphatic rings. The molecule has 1 fully saturated rings. The van der Waals surface area contributed by atoms with E-state index in [1.54, 1.807) is 0 Å². The molecule has 1 aliphatic heterocycles. The summed E-state index contributed by atoms with van der Waals surface area (Å²) in [6.07, 6.45) is 4.13. The summed E-state index contributed by atoms with van der Waals surface area (Å²) < 4.78 is 11.9. The molecule has 0 N–H and O–H groups in total. The Morgan fingerprint density at radius 1 is 1.24 bits per heavy atom. The van der Waals surface area contributed by atoms with Gasteiger partial charge in [0.1, 0.15) is 5.60 Å². The molecule has 0 aromatic heterocycles. The molecule has 0 spiro atoms. The largest absolute Gasteiger partial charge is 0.493 e. The molecule has 0 aromatic rings. The molecule has 1 saturated heterocycles. The van der Waals surface area contributed by atoms with Crippen LogP contribution in [0.5, 0.6) is 0 Å². The lowest BCUT2D eigenvalue weighted by molar-refractivity contribution is -0.0813. The molecule has 1 rings (SSSR count). The van der Waals surface area contributed by atoms with Crippen molar-refractivity contribution in [3.63, 3.8) is 0 Å². The van der Waals surface area contributed by atoms with Crippen LogP contribution in [0.3, 0.4) is 0 Å². The van der Waals surface area contributed by atoms with E-state index in [9.17, 15) is 0 Å². The van der Waals surface area contributed by atoms with Crippen molar-refractivity contribution >= 4 is 0 Å². The summed E-state index contributed by atoms with van der Waals surface area (Å²) in [5.41, 5.74) is -0.123. The van der Waals surface area contributed by atoms with Gasteiger partial charge in [-0.1, -0.05) is 6.58 Å². The van der Waals surface area contributed by atoms with Crippen LogP contribution < -0.4 is 0 Å². The first-order chi connectivity index (χ1) is 7.52. The van der Waals surface area contributed by atoms with Crippen molar-refractivity contribution in [1.29, 1.82) is 0 Å². The SMILES string of the molecule is C=C(CC[C@@]1(C)CCC(C)(C)O1)OC(C)(C)C. The molecular weight excluding hydrogens is 212 g/mol. The fraction of sp³-hybridized carbons (Fsp3) is 0.867. The van der Waals surface area contributed by atoms with Gasteiger partial charge in [-0.25, -0.2) is 0 Å². The van der Waals surface area contributed by atoms with Gasteiger partial charge in [0.15, 0.2) is 0 Å². The second kappa shape index (κ2) is 4.64. The lowest BCUT2D eigenvalue weighted by atomic mass is 9.94. The molecule has 0 unspecified atom stereocenters. The quantitative estimate of drug-likeness (QED) is 0.676. The van der Waals surface area contributed by atoms with Crippen LogP contribution in [0.25, 0.3) is 0 Å². The van der Waals surface area contributed by atoms with Gasteiger partial charge in [0, 0.05) is 6.42 Å². The first-order valence-electron chi connectivity index (χ1n) is 6.58. The highest BCUT2D eigenvalue weighted by Gasteiger charge is 2.40. The molecule has 2 heteroatoms. The van der Waals surface area contributed by atoms with Crippen molar-refractivity contribution in [1.82, 2.24) is 0 Å². The monoisotopic (exact) mass is 240 g/mol. The molecular formula is C15H28O2. The summed E-state index contributed by atoms with van der Waals surface area (Å²) in [5, 5.41) is 0. The van der Waals surface area contributed by atoms with Gasteiger partial charge in [0.05, 0.1) is 17.0 Å². The average molecular weight is 240 g/mol. The zero-order valence-corrected chi connectivity index (χ0v) is 12.4. The standard InChI is InChI=1S/C15H28O2/c1-12(16-13(2,3)4)8-9-15(7)11-10-14(5,6)17-15/h1,8-11H2,2-7H3/t15-/m0/s1. The minimum Gasteiger partial charge on any atom is -0.493 e. The predicted molar refractivity (Wildman–Crippen MR) is 72.0 cm³/mol. The molecule has 1 heterocycles. The number of rotatable bonds is 4. The van der Waals surface area contributed by atoms with E-state index in [0.29, 0.717) is 0 Å². The Bertz CT molecular complexity index is 286. The van der Waals surface area contributed by atoms with E-state index >= 15 is 0 Å². The van der Waals surface area contributed by atoms with Gasteiger partial charge in [-0.2, -0.15) is 0 Å². The Morgan fingerprint density at radius 2 is 1.82 bits per heavy atom. The molecule has 17 heavy (non-hydrogen) atoms. The second-order valence-corrected chi connectivity index (χ2v) is 7.06. The molecule has 2 nitrogen and oxygen atoms in total. The smallest absolute Gasteiger partial charge is 0.100 e. The third-order valence-corrected chi connectivity index (χ3v) is 3.16. The normalized spacial score (nSPS) is 28.1. The van der Waals surface area contributed by atoms with Crippen LogP contribution in [-0.4, -0.2) is 16.8 Å². The van der Waals surface area contributed by atoms with Crippen LogP contribution in [0.1, 0.15) is 67.2 Å². The van der Waals surface area contributed by atoms with E-state index in [0.717, 1.165) is 31.4 Å². The van der Waals surface area contributed by atoms with Crippen LogP contribution in [-0.2, 0) is 9.47 Å². The third kappa shape index (κ3) is 5.12. The van der Waals surface area contributed by atoms with E-state index in [1.165, 1.54) is 0 Å². The van der Waals surface area contributed by atoms with Gasteiger partial charge >= 0.3 is 0 Å². The highest BCUT2D eigenvalue weighted by molar-refractivity contribution is 4.94. The maximum Gasteiger partial charge on any atom is 0.100 e. The first-order valence-corrected chi connectivity index (χ1v) is 6.58. The van der Waals surface area contributed by atoms with Gasteiger partial charge < -0.3 is 9.47 Å². The van der Waals surface area contributed by atoms with Crippen molar-refractivity contribution in [2.45, 2.75) is 84.0 Å². The Labute approximate surface area is 106 Å². The minimum atomic E-state index is -0.145. The van der Waals surface area contributed by atoms with Crippen molar-refractivity contribution in [2.75, 3.05) is 0 Å². The molecule has 0 bridgehead atoms. The lowest BCUT2D eigenvalue weighted by Crippen LogP contribution is -2.29. The molecule has 0 aliphatic carbocycles. The van der Waals surface area contributed by atoms with E-state index in [1.807, 2.05) is 0 Å². The van der Waals surface area contributed by atoms with Crippen LogP contribution in [0, 0.1) is 0 Å². The molecule has 100 valence electrons. The number of hydrogen-bond acceptors (Lipinski definition) is 2. The third-order valence-electron chi connectivity index (χ3n) is 3.16. The zero-order chi connectivity index (χ0) is 13.3. The summed E-state index contributed by atoms with van der Waals surface area (Å²) in [6.45, 7) is 16.7. The summed E-state index contributed by atoms with van der Waals surface area (Å²) in [7, 11) is 0. The van der Waals surface area contributed by atoms with Crippen molar-refractivity contribution in [3.05, 3.63) is 12.3 Å². The maximum absolute atomic E-state index is 6.12. The summed E-state index contributed by atoms with van der Waals surface area (Å²) in [6, 6.07) is 0. The van der Waals surface area contributed by atoms with Crippen molar-refractivity contribution < 1.29 is 9.47 Å². The summed E-state index contributed by atoms with van der Waals surface area (Å²) in [4.78, 5) is 0. The van der Waals surface area contributed by atoms with Crippen LogP contribution in [0.4, 0.5) is 0 Å². The number of allylic oxidation sites excluding steroid dienone is 1. The molecule has 0 amide bonds. The van der Waals surface area contributed by atoms with E-state index in [2.05, 4.69) is 48.1 Å². The summed E-state index contributed by atoms with van der Waals surface area (Å²) >= 11 is 0. The maximum atomic E-state index is 6.12. The fourth-order valence-electron chi connectivity index (χ4n) is 2.40. The first kappa shape index (κ1) is 14.6. The van der Waals surface area contributed by atoms with Gasteiger partial charge in [0.25, 0.3) is 0 Å². The zero-order valence-electron chi connectivity index (χ0n) is 12.4. The Morgan fingerprint density at radius 3 is 2.24 bits per heavy atom. The predicted octanol–water partition coefficient (Wildman–Crippen LogP) is 4.44. The molecule has 0 radical (unpaired) electrons. The topological polar surface area (TPSA) is 18.5 Å². The minimum absolute atomic E-state index is 0.00627. The van der Waals surface area contributed by atoms with Crippen molar-refractivity contribution in [2.24, 2.45) is 0 Å². The van der Waals surface area contributed by atoms with Crippen LogP contribution in [0.2, 0.25) is 0 Å². The van der Waals surface area contributed by atoms with Crippen LogP contribution in [0.15, 0.2) is 12.3 Å². The highest BCUT2D eigenvalue weighted by Crippen LogP contribution is 2.40. The molecule has 1 atom stereocenters. The number of hydrogen-bond donors (Lipinski definition) is 0. The fourth-order valence-corrected chi connectivity index (χ4v) is 2.40. The Kier molecular flexibility index (Phi) is 3.97. The highest BCUT2D eigenvalue weighted by atomic mass is 16.5. The molecule has 0 saturated carbocycles. The molecule has 0 aromatic carbocycles. The van der Waals surface area contributed by atoms with E-state index in [-0.39, 0.29) is 16.8 Å². The van der Waals surface area contributed by atoms with Crippen LogP contribution >= 0.6 is 0 Å². The number of ether oxygens (including phenoxy) is 2. The van der Waals surface area contributed by atoms with Gasteiger partial charge in [-0.3, -0.25) is 0 Å². The van der Waals surface area contributed by atoms with E-state index in [4.69, 9.17) is 9.47 Å². The average Bonchev–Trinajstić information content (AvgIpc) is 2.36. The second-order valence-electron chi connectivity index (χ2n) is 7.06. The van der Waals surface area contributed by atoms with Gasteiger partial charge in [-0.05, 0) is 60.8 Å². The Hall–Kier alpha value is -0.500. The Balaban J connectivity index is 2.39. The van der Waals surface area contributed by atoms with Gasteiger partial charge in [-0.15, -0.1) is 0 Å². The van der Waals surface area contributed by atoms with Gasteiger partial charge in [0.2, 0.25) is 0 Å². The lowest BCUT2D eigenvalue weighted by Gasteiger charge is -2.29.